The largest absolute Gasteiger partial charge is 0.481 e. The van der Waals surface area contributed by atoms with Gasteiger partial charge in [-0.3, -0.25) is 4.79 Å². The quantitative estimate of drug-likeness (QED) is 0.821. The van der Waals surface area contributed by atoms with Gasteiger partial charge in [0.1, 0.15) is 0 Å². The monoisotopic (exact) mass is 284 g/mol. The Morgan fingerprint density at radius 2 is 1.90 bits per heavy atom. The van der Waals surface area contributed by atoms with Gasteiger partial charge in [0.15, 0.2) is 0 Å². The summed E-state index contributed by atoms with van der Waals surface area (Å²) in [5.74, 6) is 0.939. The summed E-state index contributed by atoms with van der Waals surface area (Å²) in [4.78, 5) is 10.9. The van der Waals surface area contributed by atoms with Crippen molar-refractivity contribution in [1.29, 1.82) is 0 Å². The minimum absolute atomic E-state index is 0.337. The van der Waals surface area contributed by atoms with Crippen LogP contribution in [-0.4, -0.2) is 11.1 Å². The molecular formula is C19H24O2. The Labute approximate surface area is 126 Å². The predicted molar refractivity (Wildman–Crippen MR) is 84.2 cm³/mol. The van der Waals surface area contributed by atoms with Gasteiger partial charge in [-0.25, -0.2) is 0 Å². The van der Waals surface area contributed by atoms with Gasteiger partial charge in [0.25, 0.3) is 0 Å². The molecule has 0 bridgehead atoms. The van der Waals surface area contributed by atoms with E-state index in [4.69, 9.17) is 5.11 Å². The second-order valence-corrected chi connectivity index (χ2v) is 6.66. The number of hydrogen-bond donors (Lipinski definition) is 1. The van der Waals surface area contributed by atoms with Gasteiger partial charge >= 0.3 is 5.97 Å². The fourth-order valence-electron chi connectivity index (χ4n) is 4.06. The number of carboxylic acids is 1. The summed E-state index contributed by atoms with van der Waals surface area (Å²) in [6, 6.07) is 8.76. The molecule has 1 aromatic rings. The zero-order chi connectivity index (χ0) is 14.7. The molecule has 2 aliphatic rings. The molecule has 1 saturated carbocycles. The molecule has 2 nitrogen and oxygen atoms in total. The Kier molecular flexibility index (Phi) is 4.42. The van der Waals surface area contributed by atoms with Crippen LogP contribution in [-0.2, 0) is 17.6 Å². The number of carboxylic acid groups (broad SMARTS) is 1. The zero-order valence-electron chi connectivity index (χ0n) is 12.5. The number of carbonyl (C=O) groups is 1. The lowest BCUT2D eigenvalue weighted by Gasteiger charge is -2.14. The van der Waals surface area contributed by atoms with E-state index in [1.807, 2.05) is 0 Å². The van der Waals surface area contributed by atoms with Gasteiger partial charge in [-0.15, -0.1) is 0 Å². The molecule has 1 N–H and O–H groups in total. The Hall–Kier alpha value is -1.57. The van der Waals surface area contributed by atoms with Crippen LogP contribution < -0.4 is 0 Å². The Bertz CT molecular complexity index is 507. The molecule has 0 spiro atoms. The minimum Gasteiger partial charge on any atom is -0.481 e. The molecular weight excluding hydrogens is 260 g/mol. The van der Waals surface area contributed by atoms with Gasteiger partial charge < -0.3 is 5.11 Å². The molecule has 0 amide bonds. The Morgan fingerprint density at radius 3 is 2.57 bits per heavy atom. The molecule has 0 heterocycles. The molecule has 21 heavy (non-hydrogen) atoms. The van der Waals surface area contributed by atoms with E-state index in [0.717, 1.165) is 18.8 Å². The first-order valence-electron chi connectivity index (χ1n) is 8.17. The summed E-state index contributed by atoms with van der Waals surface area (Å²) in [5.41, 5.74) is 3.03. The normalized spacial score (nSPS) is 25.5. The summed E-state index contributed by atoms with van der Waals surface area (Å²) in [6.07, 6.45) is 11.9. The van der Waals surface area contributed by atoms with E-state index in [9.17, 15) is 4.79 Å². The average Bonchev–Trinajstić information content (AvgIpc) is 3.05. The Morgan fingerprint density at radius 1 is 1.19 bits per heavy atom. The van der Waals surface area contributed by atoms with Crippen molar-refractivity contribution in [2.45, 2.75) is 44.9 Å². The number of hydrogen-bond acceptors (Lipinski definition) is 1. The van der Waals surface area contributed by atoms with Crippen molar-refractivity contribution in [3.05, 3.63) is 47.5 Å². The average molecular weight is 284 g/mol. The summed E-state index contributed by atoms with van der Waals surface area (Å²) in [6.45, 7) is 0. The van der Waals surface area contributed by atoms with E-state index in [1.54, 1.807) is 0 Å². The predicted octanol–water partition coefficient (Wildman–Crippen LogP) is 4.24. The fraction of sp³-hybridized carbons (Fsp3) is 0.526. The van der Waals surface area contributed by atoms with Crippen LogP contribution in [0.5, 0.6) is 0 Å². The number of allylic oxidation sites excluding steroid dienone is 2. The van der Waals surface area contributed by atoms with Gasteiger partial charge in [0, 0.05) is 6.42 Å². The highest BCUT2D eigenvalue weighted by Gasteiger charge is 2.27. The third-order valence-electron chi connectivity index (χ3n) is 5.14. The molecule has 0 aromatic heterocycles. The smallest absolute Gasteiger partial charge is 0.303 e. The van der Waals surface area contributed by atoms with Crippen molar-refractivity contribution in [2.75, 3.05) is 0 Å². The van der Waals surface area contributed by atoms with Crippen molar-refractivity contribution < 1.29 is 9.90 Å². The number of fused-ring (bicyclic) bond motifs is 1. The number of aliphatic carboxylic acids is 1. The van der Waals surface area contributed by atoms with Crippen LogP contribution in [0.4, 0.5) is 0 Å². The summed E-state index contributed by atoms with van der Waals surface area (Å²) in [7, 11) is 0. The third-order valence-corrected chi connectivity index (χ3v) is 5.14. The molecule has 2 atom stereocenters. The van der Waals surface area contributed by atoms with Crippen molar-refractivity contribution in [3.8, 4) is 0 Å². The molecule has 112 valence electrons. The summed E-state index contributed by atoms with van der Waals surface area (Å²) >= 11 is 0. The van der Waals surface area contributed by atoms with Crippen molar-refractivity contribution in [1.82, 2.24) is 0 Å². The van der Waals surface area contributed by atoms with Crippen LogP contribution in [0.15, 0.2) is 36.4 Å². The first-order valence-corrected chi connectivity index (χ1v) is 8.17. The van der Waals surface area contributed by atoms with E-state index in [-0.39, 0.29) is 0 Å². The molecule has 1 unspecified atom stereocenters. The van der Waals surface area contributed by atoms with Gasteiger partial charge in [0.2, 0.25) is 0 Å². The van der Waals surface area contributed by atoms with Crippen LogP contribution in [0.2, 0.25) is 0 Å². The Balaban J connectivity index is 1.50. The van der Waals surface area contributed by atoms with Crippen LogP contribution in [0.1, 0.15) is 43.2 Å². The van der Waals surface area contributed by atoms with Crippen molar-refractivity contribution in [2.24, 2.45) is 17.8 Å². The third kappa shape index (κ3) is 3.55. The second kappa shape index (κ2) is 6.46. The molecule has 1 fully saturated rings. The fourth-order valence-corrected chi connectivity index (χ4v) is 4.06. The van der Waals surface area contributed by atoms with Crippen LogP contribution in [0.3, 0.4) is 0 Å². The standard InChI is InChI=1S/C19H24O2/c20-19(21)13-18-10-4-9-15(18)8-3-5-14-11-16-6-1-2-7-17(16)12-14/h1-3,6-8,14-15,18H,4-5,9-13H2,(H,20,21)/b8-3+/t15?,18-/m1/s1. The van der Waals surface area contributed by atoms with E-state index < -0.39 is 5.97 Å². The van der Waals surface area contributed by atoms with E-state index >= 15 is 0 Å². The van der Waals surface area contributed by atoms with Gasteiger partial charge in [-0.05, 0) is 61.0 Å². The second-order valence-electron chi connectivity index (χ2n) is 6.66. The van der Waals surface area contributed by atoms with E-state index in [1.165, 1.54) is 36.8 Å². The summed E-state index contributed by atoms with van der Waals surface area (Å²) in [5, 5.41) is 8.97. The molecule has 0 aliphatic heterocycles. The van der Waals surface area contributed by atoms with Crippen LogP contribution in [0.25, 0.3) is 0 Å². The molecule has 2 heteroatoms. The van der Waals surface area contributed by atoms with Gasteiger partial charge in [0.05, 0.1) is 0 Å². The molecule has 0 saturated heterocycles. The number of benzene rings is 1. The molecule has 0 radical (unpaired) electrons. The number of rotatable bonds is 5. The highest BCUT2D eigenvalue weighted by atomic mass is 16.4. The zero-order valence-corrected chi connectivity index (χ0v) is 12.5. The lowest BCUT2D eigenvalue weighted by Crippen LogP contribution is -2.11. The molecule has 3 rings (SSSR count). The van der Waals surface area contributed by atoms with Crippen molar-refractivity contribution in [3.63, 3.8) is 0 Å². The summed E-state index contributed by atoms with van der Waals surface area (Å²) < 4.78 is 0. The lowest BCUT2D eigenvalue weighted by molar-refractivity contribution is -0.138. The molecule has 2 aliphatic carbocycles. The first-order chi connectivity index (χ1) is 10.2. The van der Waals surface area contributed by atoms with Gasteiger partial charge in [-0.1, -0.05) is 42.8 Å². The maximum Gasteiger partial charge on any atom is 0.303 e. The first kappa shape index (κ1) is 14.4. The van der Waals surface area contributed by atoms with Crippen molar-refractivity contribution >= 4 is 5.97 Å². The lowest BCUT2D eigenvalue weighted by atomic mass is 9.91. The minimum atomic E-state index is -0.647. The topological polar surface area (TPSA) is 37.3 Å². The SMILES string of the molecule is O=C(O)C[C@H]1CCCC1/C=C/CC1Cc2ccccc2C1. The van der Waals surface area contributed by atoms with Crippen LogP contribution in [0, 0.1) is 17.8 Å². The highest BCUT2D eigenvalue weighted by molar-refractivity contribution is 5.67. The highest BCUT2D eigenvalue weighted by Crippen LogP contribution is 2.35. The van der Waals surface area contributed by atoms with E-state index in [2.05, 4.69) is 36.4 Å². The van der Waals surface area contributed by atoms with Gasteiger partial charge in [-0.2, -0.15) is 0 Å². The van der Waals surface area contributed by atoms with Crippen LogP contribution >= 0.6 is 0 Å². The molecule has 1 aromatic carbocycles. The maximum absolute atomic E-state index is 10.9. The maximum atomic E-state index is 10.9. The van der Waals surface area contributed by atoms with E-state index in [0.29, 0.717) is 18.3 Å².